The van der Waals surface area contributed by atoms with Crippen molar-refractivity contribution < 1.29 is 0 Å². The number of hydrogen-bond acceptors (Lipinski definition) is 2. The van der Waals surface area contributed by atoms with Gasteiger partial charge in [0.25, 0.3) is 0 Å². The van der Waals surface area contributed by atoms with Gasteiger partial charge >= 0.3 is 225 Å². The first-order chi connectivity index (χ1) is 17.3. The van der Waals surface area contributed by atoms with Crippen molar-refractivity contribution in [2.45, 2.75) is 0 Å². The van der Waals surface area contributed by atoms with Gasteiger partial charge in [-0.1, -0.05) is 0 Å². The fourth-order valence-corrected chi connectivity index (χ4v) is 14.3. The topological polar surface area (TPSA) is 25.8 Å². The van der Waals surface area contributed by atoms with E-state index < -0.39 is 0 Å². The van der Waals surface area contributed by atoms with E-state index in [0.29, 0.717) is 0 Å². The fourth-order valence-electron chi connectivity index (χ4n) is 3.92. The average molecular weight is 645 g/mol. The van der Waals surface area contributed by atoms with Gasteiger partial charge in [0.15, 0.2) is 0 Å². The molecule has 0 aliphatic rings. The van der Waals surface area contributed by atoms with Gasteiger partial charge in [-0.25, -0.2) is 0 Å². The molecule has 2 heterocycles. The van der Waals surface area contributed by atoms with Gasteiger partial charge in [0.05, 0.1) is 0 Å². The normalized spacial score (nSPS) is 11.0. The molecule has 35 heavy (non-hydrogen) atoms. The van der Waals surface area contributed by atoms with E-state index in [2.05, 4.69) is 121 Å². The Morgan fingerprint density at radius 3 is 1.06 bits per heavy atom. The van der Waals surface area contributed by atoms with E-state index in [-0.39, 0.29) is 44.0 Å². The van der Waals surface area contributed by atoms with Crippen molar-refractivity contribution in [3.05, 3.63) is 121 Å². The molecule has 0 fully saturated rings. The molecule has 0 radical (unpaired) electrons. The third kappa shape index (κ3) is 4.99. The van der Waals surface area contributed by atoms with Crippen LogP contribution in [0.2, 0.25) is 0 Å². The molecule has 4 aromatic carbocycles. The molecule has 0 N–H and O–H groups in total. The summed E-state index contributed by atoms with van der Waals surface area (Å²) in [6.45, 7) is 0. The Bertz CT molecular complexity index is 1310. The quantitative estimate of drug-likeness (QED) is 0.241. The molecular formula is C30H20N2Se3. The number of aromatic nitrogens is 2. The Labute approximate surface area is 223 Å². The van der Waals surface area contributed by atoms with Gasteiger partial charge in [-0.15, -0.1) is 0 Å². The maximum absolute atomic E-state index is 5.24. The number of nitrogens with zero attached hydrogens (tertiary/aromatic N) is 2. The molecule has 2 nitrogen and oxygen atoms in total. The Morgan fingerprint density at radius 1 is 0.400 bits per heavy atom. The zero-order valence-corrected chi connectivity index (χ0v) is 23.8. The van der Waals surface area contributed by atoms with Crippen LogP contribution in [0.1, 0.15) is 0 Å². The van der Waals surface area contributed by atoms with Crippen LogP contribution in [0.4, 0.5) is 0 Å². The van der Waals surface area contributed by atoms with E-state index in [1.807, 2.05) is 0 Å². The van der Waals surface area contributed by atoms with Crippen molar-refractivity contribution in [2.75, 3.05) is 0 Å². The van der Waals surface area contributed by atoms with Crippen LogP contribution >= 0.6 is 0 Å². The molecule has 0 aliphatic heterocycles. The van der Waals surface area contributed by atoms with E-state index in [0.717, 1.165) is 11.4 Å². The van der Waals surface area contributed by atoms with E-state index in [1.165, 1.54) is 38.1 Å². The van der Waals surface area contributed by atoms with E-state index in [1.54, 1.807) is 0 Å². The molecule has 2 aromatic heterocycles. The summed E-state index contributed by atoms with van der Waals surface area (Å²) in [5, 5.41) is 0. The van der Waals surface area contributed by atoms with Crippen molar-refractivity contribution in [3.63, 3.8) is 0 Å². The average Bonchev–Trinajstić information content (AvgIpc) is 3.56. The van der Waals surface area contributed by atoms with Crippen LogP contribution in [0.3, 0.4) is 0 Å². The van der Waals surface area contributed by atoms with Gasteiger partial charge in [-0.3, -0.25) is 0 Å². The van der Waals surface area contributed by atoms with Crippen LogP contribution in [0.15, 0.2) is 121 Å². The van der Waals surface area contributed by atoms with Gasteiger partial charge in [-0.05, 0) is 0 Å². The molecule has 0 aliphatic carbocycles. The van der Waals surface area contributed by atoms with Crippen LogP contribution in [0, 0.1) is 0 Å². The summed E-state index contributed by atoms with van der Waals surface area (Å²) in [5.74, 6) is 0. The van der Waals surface area contributed by atoms with E-state index in [4.69, 9.17) is 9.97 Å². The molecule has 5 heteroatoms. The second-order valence-electron chi connectivity index (χ2n) is 7.88. The molecule has 0 spiro atoms. The SMILES string of the molecule is c1ccc(-c2nc([Se]c3nc(-c4ccccc4)c(-c4ccccc4)[se]3)[se]c2-c2ccccc2)cc1. The second kappa shape index (κ2) is 10.5. The summed E-state index contributed by atoms with van der Waals surface area (Å²) < 4.78 is 5.41. The Kier molecular flexibility index (Phi) is 6.80. The molecule has 0 unspecified atom stereocenters. The first-order valence-corrected chi connectivity index (χ1v) is 16.4. The summed E-state index contributed by atoms with van der Waals surface area (Å²) >= 11 is 0.550. The molecule has 0 saturated carbocycles. The zero-order chi connectivity index (χ0) is 23.5. The predicted octanol–water partition coefficient (Wildman–Crippen LogP) is 4.91. The number of rotatable bonds is 6. The molecule has 6 aromatic rings. The molecule has 0 saturated heterocycles. The molecule has 0 atom stereocenters. The number of hydrogen-bond donors (Lipinski definition) is 0. The van der Waals surface area contributed by atoms with Crippen molar-refractivity contribution in [1.82, 2.24) is 9.97 Å². The maximum atomic E-state index is 5.24. The molecule has 0 amide bonds. The van der Waals surface area contributed by atoms with Crippen LogP contribution in [-0.4, -0.2) is 53.9 Å². The van der Waals surface area contributed by atoms with Gasteiger partial charge in [0.2, 0.25) is 0 Å². The van der Waals surface area contributed by atoms with Crippen molar-refractivity contribution in [2.24, 2.45) is 0 Å². The van der Waals surface area contributed by atoms with Crippen molar-refractivity contribution >= 4 is 50.9 Å². The van der Waals surface area contributed by atoms with Crippen molar-refractivity contribution in [1.29, 1.82) is 0 Å². The second-order valence-corrected chi connectivity index (χ2v) is 16.7. The minimum absolute atomic E-state index is 0.146. The van der Waals surface area contributed by atoms with Crippen LogP contribution in [0.5, 0.6) is 0 Å². The minimum atomic E-state index is 0.146. The molecular weight excluding hydrogens is 625 g/mol. The summed E-state index contributed by atoms with van der Waals surface area (Å²) in [4.78, 5) is 10.5. The van der Waals surface area contributed by atoms with Gasteiger partial charge in [-0.2, -0.15) is 0 Å². The van der Waals surface area contributed by atoms with Gasteiger partial charge < -0.3 is 0 Å². The summed E-state index contributed by atoms with van der Waals surface area (Å²) in [6.07, 6.45) is 0. The summed E-state index contributed by atoms with van der Waals surface area (Å²) in [5.41, 5.74) is 7.25. The third-order valence-electron chi connectivity index (χ3n) is 5.56. The van der Waals surface area contributed by atoms with Crippen LogP contribution < -0.4 is 6.93 Å². The number of benzene rings is 4. The summed E-state index contributed by atoms with van der Waals surface area (Å²) in [6, 6.07) is 42.7. The summed E-state index contributed by atoms with van der Waals surface area (Å²) in [7, 11) is 0. The molecule has 168 valence electrons. The fraction of sp³-hybridized carbons (Fsp3) is 0. The third-order valence-corrected chi connectivity index (χ3v) is 14.1. The molecule has 6 rings (SSSR count). The van der Waals surface area contributed by atoms with Crippen LogP contribution in [0.25, 0.3) is 42.5 Å². The van der Waals surface area contributed by atoms with Crippen LogP contribution in [-0.2, 0) is 0 Å². The first kappa shape index (κ1) is 22.7. The Hall–Kier alpha value is -2.74. The predicted molar refractivity (Wildman–Crippen MR) is 149 cm³/mol. The Morgan fingerprint density at radius 2 is 0.714 bits per heavy atom. The first-order valence-electron chi connectivity index (χ1n) is 11.3. The van der Waals surface area contributed by atoms with E-state index in [9.17, 15) is 0 Å². The zero-order valence-electron chi connectivity index (χ0n) is 18.7. The van der Waals surface area contributed by atoms with Gasteiger partial charge in [0, 0.05) is 0 Å². The monoisotopic (exact) mass is 648 g/mol. The molecule has 0 bridgehead atoms. The van der Waals surface area contributed by atoms with Crippen molar-refractivity contribution in [3.8, 4) is 42.5 Å². The van der Waals surface area contributed by atoms with Gasteiger partial charge in [0.1, 0.15) is 0 Å². The van der Waals surface area contributed by atoms with E-state index >= 15 is 0 Å². The standard InChI is InChI=1S/C30H20N2Se3/c1-5-13-21(14-6-1)25-27(23-17-9-3-10-18-23)33-29(31-25)35-30-32-26(22-15-7-2-8-16-22)28(34-30)24-19-11-4-12-20-24/h1-20H. The Balaban J connectivity index is 1.43.